The van der Waals surface area contributed by atoms with Gasteiger partial charge in [-0.1, -0.05) is 30.3 Å². The molecule has 3 heteroatoms. The molecule has 0 bridgehead atoms. The van der Waals surface area contributed by atoms with E-state index in [4.69, 9.17) is 10.7 Å². The maximum absolute atomic E-state index is 11.1. The van der Waals surface area contributed by atoms with Crippen LogP contribution in [-0.4, -0.2) is 8.96 Å². The fourth-order valence-corrected chi connectivity index (χ4v) is 1.59. The molecule has 0 N–H and O–H groups in total. The lowest BCUT2D eigenvalue weighted by atomic mass is 10.0. The van der Waals surface area contributed by atoms with Crippen LogP contribution in [-0.2, 0) is 16.4 Å². The van der Waals surface area contributed by atoms with Crippen molar-refractivity contribution in [3.05, 3.63) is 35.9 Å². The Kier molecular flexibility index (Phi) is 3.51. The van der Waals surface area contributed by atoms with Crippen molar-refractivity contribution in [1.29, 1.82) is 0 Å². The molecule has 1 atom stereocenters. The summed E-state index contributed by atoms with van der Waals surface area (Å²) in [6, 6.07) is 9.95. The third-order valence-corrected chi connectivity index (χ3v) is 4.17. The Labute approximate surface area is 86.1 Å². The largest absolute Gasteiger partial charge is 0.242 e. The molecule has 0 fully saturated rings. The molecule has 13 heavy (non-hydrogen) atoms. The smallest absolute Gasteiger partial charge is 0.120 e. The second kappa shape index (κ2) is 4.25. The van der Waals surface area contributed by atoms with Crippen LogP contribution in [0.25, 0.3) is 0 Å². The van der Waals surface area contributed by atoms with E-state index < -0.39 is 10.0 Å². The van der Waals surface area contributed by atoms with Crippen molar-refractivity contribution < 1.29 is 4.21 Å². The van der Waals surface area contributed by atoms with Gasteiger partial charge in [-0.25, -0.2) is 4.21 Å². The molecule has 0 radical (unpaired) electrons. The average molecular weight is 217 g/mol. The number of hydrogen-bond donors (Lipinski definition) is 0. The molecule has 1 aromatic carbocycles. The van der Waals surface area contributed by atoms with Gasteiger partial charge < -0.3 is 0 Å². The molecule has 0 saturated heterocycles. The van der Waals surface area contributed by atoms with E-state index in [9.17, 15) is 4.21 Å². The third kappa shape index (κ3) is 3.12. The van der Waals surface area contributed by atoms with Crippen LogP contribution in [0, 0.1) is 0 Å². The fourth-order valence-electron chi connectivity index (χ4n) is 1.14. The highest BCUT2D eigenvalue weighted by molar-refractivity contribution is 8.09. The molecule has 0 aromatic heterocycles. The third-order valence-electron chi connectivity index (χ3n) is 1.91. The van der Waals surface area contributed by atoms with E-state index in [1.165, 1.54) is 5.56 Å². The van der Waals surface area contributed by atoms with E-state index in [0.717, 1.165) is 6.42 Å². The summed E-state index contributed by atoms with van der Waals surface area (Å²) in [7, 11) is 4.29. The lowest BCUT2D eigenvalue weighted by molar-refractivity contribution is 0.634. The van der Waals surface area contributed by atoms with Crippen molar-refractivity contribution in [2.24, 2.45) is 0 Å². The first-order valence-electron chi connectivity index (χ1n) is 4.14. The highest BCUT2D eigenvalue weighted by Crippen LogP contribution is 2.21. The van der Waals surface area contributed by atoms with Gasteiger partial charge in [-0.3, -0.25) is 0 Å². The van der Waals surface area contributed by atoms with Gasteiger partial charge in [0.25, 0.3) is 0 Å². The van der Waals surface area contributed by atoms with Crippen molar-refractivity contribution in [2.75, 3.05) is 0 Å². The normalized spacial score (nSPS) is 14.1. The SMILES string of the molecule is CC(C)(Cc1ccccc1)S(=O)Cl. The molecule has 1 nitrogen and oxygen atoms in total. The molecular weight excluding hydrogens is 204 g/mol. The molecule has 0 spiro atoms. The van der Waals surface area contributed by atoms with Crippen molar-refractivity contribution in [2.45, 2.75) is 25.0 Å². The van der Waals surface area contributed by atoms with Gasteiger partial charge >= 0.3 is 0 Å². The second-order valence-corrected chi connectivity index (χ2v) is 6.04. The zero-order valence-corrected chi connectivity index (χ0v) is 9.36. The zero-order valence-electron chi connectivity index (χ0n) is 7.79. The molecule has 72 valence electrons. The fraction of sp³-hybridized carbons (Fsp3) is 0.400. The summed E-state index contributed by atoms with van der Waals surface area (Å²) in [6.07, 6.45) is 0.740. The molecule has 1 aromatic rings. The lowest BCUT2D eigenvalue weighted by Crippen LogP contribution is -2.25. The predicted molar refractivity (Wildman–Crippen MR) is 58.2 cm³/mol. The Balaban J connectivity index is 2.75. The van der Waals surface area contributed by atoms with Crippen LogP contribution >= 0.6 is 10.7 Å². The summed E-state index contributed by atoms with van der Waals surface area (Å²) in [5.41, 5.74) is 1.17. The molecule has 1 rings (SSSR count). The van der Waals surface area contributed by atoms with Gasteiger partial charge in [0.2, 0.25) is 0 Å². The van der Waals surface area contributed by atoms with Gasteiger partial charge in [0.15, 0.2) is 0 Å². The summed E-state index contributed by atoms with van der Waals surface area (Å²) in [5.74, 6) is 0. The Morgan fingerprint density at radius 3 is 2.31 bits per heavy atom. The predicted octanol–water partition coefficient (Wildman–Crippen LogP) is 2.91. The highest BCUT2D eigenvalue weighted by Gasteiger charge is 2.24. The van der Waals surface area contributed by atoms with Crippen LogP contribution in [0.15, 0.2) is 30.3 Å². The standard InChI is InChI=1S/C10H13ClOS/c1-10(2,13(11)12)8-9-6-4-3-5-7-9/h3-7H,8H2,1-2H3. The molecule has 1 unspecified atom stereocenters. The van der Waals surface area contributed by atoms with Crippen LogP contribution in [0.2, 0.25) is 0 Å². The Bertz CT molecular complexity index is 295. The van der Waals surface area contributed by atoms with E-state index in [0.29, 0.717) is 0 Å². The average Bonchev–Trinajstić information content (AvgIpc) is 2.05. The number of hydrogen-bond acceptors (Lipinski definition) is 1. The summed E-state index contributed by atoms with van der Waals surface area (Å²) < 4.78 is 10.8. The molecular formula is C10H13ClOS. The van der Waals surface area contributed by atoms with Gasteiger partial charge in [-0.05, 0) is 36.5 Å². The van der Waals surface area contributed by atoms with E-state index >= 15 is 0 Å². The van der Waals surface area contributed by atoms with E-state index in [-0.39, 0.29) is 4.75 Å². The second-order valence-electron chi connectivity index (χ2n) is 3.65. The molecule has 0 aliphatic rings. The van der Waals surface area contributed by atoms with E-state index in [1.54, 1.807) is 0 Å². The minimum Gasteiger partial charge on any atom is -0.242 e. The van der Waals surface area contributed by atoms with Gasteiger partial charge in [0.05, 0.1) is 4.75 Å². The Morgan fingerprint density at radius 2 is 1.85 bits per heavy atom. The van der Waals surface area contributed by atoms with Crippen LogP contribution in [0.1, 0.15) is 19.4 Å². The van der Waals surface area contributed by atoms with Crippen LogP contribution in [0.4, 0.5) is 0 Å². The van der Waals surface area contributed by atoms with Gasteiger partial charge in [-0.2, -0.15) is 0 Å². The van der Waals surface area contributed by atoms with Crippen molar-refractivity contribution in [1.82, 2.24) is 0 Å². The van der Waals surface area contributed by atoms with Crippen molar-refractivity contribution in [3.8, 4) is 0 Å². The zero-order chi connectivity index (χ0) is 9.90. The first-order valence-corrected chi connectivity index (χ1v) is 6.12. The molecule has 0 aliphatic carbocycles. The van der Waals surface area contributed by atoms with Crippen LogP contribution < -0.4 is 0 Å². The van der Waals surface area contributed by atoms with Crippen molar-refractivity contribution in [3.63, 3.8) is 0 Å². The number of rotatable bonds is 3. The first-order chi connectivity index (χ1) is 6.02. The maximum atomic E-state index is 11.1. The Morgan fingerprint density at radius 1 is 1.31 bits per heavy atom. The van der Waals surface area contributed by atoms with E-state index in [1.807, 2.05) is 44.2 Å². The minimum atomic E-state index is -1.30. The quantitative estimate of drug-likeness (QED) is 0.711. The Hall–Kier alpha value is -0.340. The van der Waals surface area contributed by atoms with Gasteiger partial charge in [0, 0.05) is 0 Å². The van der Waals surface area contributed by atoms with Crippen LogP contribution in [0.5, 0.6) is 0 Å². The molecule has 0 saturated carbocycles. The summed E-state index contributed by atoms with van der Waals surface area (Å²) in [6.45, 7) is 3.81. The monoisotopic (exact) mass is 216 g/mol. The van der Waals surface area contributed by atoms with Gasteiger partial charge in [-0.15, -0.1) is 0 Å². The number of halogens is 1. The van der Waals surface area contributed by atoms with Gasteiger partial charge in [0.1, 0.15) is 10.0 Å². The molecule has 0 amide bonds. The lowest BCUT2D eigenvalue weighted by Gasteiger charge is -2.19. The maximum Gasteiger partial charge on any atom is 0.120 e. The summed E-state index contributed by atoms with van der Waals surface area (Å²) in [4.78, 5) is 0. The molecule has 0 aliphatic heterocycles. The topological polar surface area (TPSA) is 17.1 Å². The van der Waals surface area contributed by atoms with E-state index in [2.05, 4.69) is 0 Å². The molecule has 0 heterocycles. The summed E-state index contributed by atoms with van der Waals surface area (Å²) in [5, 5.41) is 0. The number of benzene rings is 1. The first kappa shape index (κ1) is 10.7. The van der Waals surface area contributed by atoms with Crippen molar-refractivity contribution >= 4 is 20.7 Å². The van der Waals surface area contributed by atoms with Crippen LogP contribution in [0.3, 0.4) is 0 Å². The summed E-state index contributed by atoms with van der Waals surface area (Å²) >= 11 is 0. The highest BCUT2D eigenvalue weighted by atomic mass is 35.7. The minimum absolute atomic E-state index is 0.358.